The Bertz CT molecular complexity index is 841. The van der Waals surface area contributed by atoms with E-state index in [1.807, 2.05) is 19.9 Å². The van der Waals surface area contributed by atoms with Gasteiger partial charge in [-0.1, -0.05) is 35.9 Å². The van der Waals surface area contributed by atoms with Gasteiger partial charge in [0.2, 0.25) is 6.41 Å². The Morgan fingerprint density at radius 3 is 2.54 bits per heavy atom. The van der Waals surface area contributed by atoms with Crippen molar-refractivity contribution in [1.29, 1.82) is 0 Å². The highest BCUT2D eigenvalue weighted by Gasteiger charge is 2.33. The summed E-state index contributed by atoms with van der Waals surface area (Å²) in [6, 6.07) is 13.2. The smallest absolute Gasteiger partial charge is 0.251 e. The molecule has 28 heavy (non-hydrogen) atoms. The first-order chi connectivity index (χ1) is 13.2. The van der Waals surface area contributed by atoms with Crippen LogP contribution in [-0.4, -0.2) is 36.7 Å². The third-order valence-corrected chi connectivity index (χ3v) is 4.86. The summed E-state index contributed by atoms with van der Waals surface area (Å²) in [5, 5.41) is 14.0. The second kappa shape index (κ2) is 9.08. The minimum atomic E-state index is -1.45. The molecule has 2 unspecified atom stereocenters. The minimum absolute atomic E-state index is 0.466. The summed E-state index contributed by atoms with van der Waals surface area (Å²) in [6.45, 7) is 5.22. The number of carbonyl (C=O) groups excluding carboxylic acids is 2. The molecule has 0 aliphatic heterocycles. The van der Waals surface area contributed by atoms with Crippen LogP contribution in [0.5, 0.6) is 5.75 Å². The number of aliphatic hydroxyl groups excluding tert-OH is 1. The fourth-order valence-electron chi connectivity index (χ4n) is 2.92. The molecule has 150 valence electrons. The maximum absolute atomic E-state index is 12.7. The Kier molecular flexibility index (Phi) is 7.05. The number of aliphatic hydroxyl groups is 1. The molecule has 2 amide bonds. The van der Waals surface area contributed by atoms with Crippen molar-refractivity contribution >= 4 is 29.6 Å². The van der Waals surface area contributed by atoms with Crippen molar-refractivity contribution < 1.29 is 19.4 Å². The van der Waals surface area contributed by atoms with Crippen molar-refractivity contribution in [1.82, 2.24) is 5.32 Å². The minimum Gasteiger partial charge on any atom is -0.495 e. The lowest BCUT2D eigenvalue weighted by atomic mass is 9.93. The molecule has 0 aliphatic carbocycles. The molecule has 0 bridgehead atoms. The molecule has 2 aromatic carbocycles. The molecular weight excluding hydrogens is 380 g/mol. The first-order valence-electron chi connectivity index (χ1n) is 8.84. The van der Waals surface area contributed by atoms with Crippen LogP contribution in [0.3, 0.4) is 0 Å². The molecule has 0 saturated carbocycles. The van der Waals surface area contributed by atoms with Crippen molar-refractivity contribution in [3.63, 3.8) is 0 Å². The van der Waals surface area contributed by atoms with Crippen LogP contribution in [0.15, 0.2) is 48.5 Å². The molecule has 0 radical (unpaired) electrons. The third kappa shape index (κ3) is 4.82. The second-order valence-electron chi connectivity index (χ2n) is 6.99. The summed E-state index contributed by atoms with van der Waals surface area (Å²) < 4.78 is 5.27. The second-order valence-corrected chi connectivity index (χ2v) is 7.43. The van der Waals surface area contributed by atoms with E-state index >= 15 is 0 Å². The lowest BCUT2D eigenvalue weighted by Crippen LogP contribution is -2.53. The summed E-state index contributed by atoms with van der Waals surface area (Å²) in [7, 11) is 1.49. The van der Waals surface area contributed by atoms with Gasteiger partial charge < -0.3 is 20.1 Å². The first kappa shape index (κ1) is 21.7. The molecule has 2 aromatic rings. The van der Waals surface area contributed by atoms with Gasteiger partial charge in [-0.3, -0.25) is 9.59 Å². The number of hydrogen-bond acceptors (Lipinski definition) is 4. The zero-order chi connectivity index (χ0) is 20.9. The molecule has 0 heterocycles. The Morgan fingerprint density at radius 2 is 1.93 bits per heavy atom. The molecule has 0 aromatic heterocycles. The summed E-state index contributed by atoms with van der Waals surface area (Å²) in [4.78, 5) is 25.7. The number of carbonyl (C=O) groups is 2. The Morgan fingerprint density at radius 1 is 1.25 bits per heavy atom. The predicted molar refractivity (Wildman–Crippen MR) is 110 cm³/mol. The molecule has 2 rings (SSSR count). The van der Waals surface area contributed by atoms with Gasteiger partial charge in [0.25, 0.3) is 5.91 Å². The van der Waals surface area contributed by atoms with Gasteiger partial charge in [0.1, 0.15) is 5.75 Å². The molecule has 7 heteroatoms. The topological polar surface area (TPSA) is 78.9 Å². The summed E-state index contributed by atoms with van der Waals surface area (Å²) in [6.07, 6.45) is -0.880. The highest BCUT2D eigenvalue weighted by Crippen LogP contribution is 2.29. The van der Waals surface area contributed by atoms with Gasteiger partial charge in [0.15, 0.2) is 6.10 Å². The molecule has 0 spiro atoms. The number of rotatable bonds is 8. The highest BCUT2D eigenvalue weighted by atomic mass is 35.5. The van der Waals surface area contributed by atoms with Gasteiger partial charge in [-0.15, -0.1) is 0 Å². The number of amides is 2. The van der Waals surface area contributed by atoms with E-state index in [4.69, 9.17) is 16.3 Å². The Labute approximate surface area is 170 Å². The van der Waals surface area contributed by atoms with E-state index in [-0.39, 0.29) is 0 Å². The SMILES string of the molecule is COc1ccccc1N(C=O)C(C)C(O)C(=O)NC(C)(C)c1cccc(Cl)c1. The number of halogens is 1. The van der Waals surface area contributed by atoms with E-state index in [0.717, 1.165) is 5.56 Å². The van der Waals surface area contributed by atoms with Crippen molar-refractivity contribution in [3.05, 3.63) is 59.1 Å². The lowest BCUT2D eigenvalue weighted by Gasteiger charge is -2.33. The number of methoxy groups -OCH3 is 1. The zero-order valence-electron chi connectivity index (χ0n) is 16.3. The van der Waals surface area contributed by atoms with Gasteiger partial charge in [-0.05, 0) is 50.6 Å². The van der Waals surface area contributed by atoms with Crippen LogP contribution in [-0.2, 0) is 15.1 Å². The number of anilines is 1. The molecule has 0 saturated heterocycles. The third-order valence-electron chi connectivity index (χ3n) is 4.62. The van der Waals surface area contributed by atoms with E-state index < -0.39 is 23.6 Å². The number of ether oxygens (including phenoxy) is 1. The standard InChI is InChI=1S/C21H25ClN2O4/c1-14(24(13-25)17-10-5-6-11-18(17)28-4)19(26)20(27)23-21(2,3)15-8-7-9-16(22)12-15/h5-14,19,26H,1-4H3,(H,23,27). The van der Waals surface area contributed by atoms with Crippen molar-refractivity contribution in [3.8, 4) is 5.75 Å². The largest absolute Gasteiger partial charge is 0.495 e. The van der Waals surface area contributed by atoms with E-state index in [0.29, 0.717) is 22.9 Å². The number of para-hydroxylation sites is 2. The van der Waals surface area contributed by atoms with Crippen LogP contribution in [0.1, 0.15) is 26.3 Å². The van der Waals surface area contributed by atoms with E-state index in [2.05, 4.69) is 5.32 Å². The Hall–Kier alpha value is -2.57. The first-order valence-corrected chi connectivity index (χ1v) is 9.22. The van der Waals surface area contributed by atoms with Gasteiger partial charge >= 0.3 is 0 Å². The average molecular weight is 405 g/mol. The number of benzene rings is 2. The van der Waals surface area contributed by atoms with E-state index in [1.54, 1.807) is 49.4 Å². The molecule has 2 atom stereocenters. The highest BCUT2D eigenvalue weighted by molar-refractivity contribution is 6.30. The van der Waals surface area contributed by atoms with Crippen molar-refractivity contribution in [2.75, 3.05) is 12.0 Å². The number of nitrogens with zero attached hydrogens (tertiary/aromatic N) is 1. The van der Waals surface area contributed by atoms with Crippen LogP contribution in [0.2, 0.25) is 5.02 Å². The molecule has 0 aliphatic rings. The van der Waals surface area contributed by atoms with Crippen molar-refractivity contribution in [2.24, 2.45) is 0 Å². The van der Waals surface area contributed by atoms with Crippen LogP contribution in [0, 0.1) is 0 Å². The fourth-order valence-corrected chi connectivity index (χ4v) is 3.11. The summed E-state index contributed by atoms with van der Waals surface area (Å²) >= 11 is 6.04. The summed E-state index contributed by atoms with van der Waals surface area (Å²) in [5.74, 6) is -0.132. The van der Waals surface area contributed by atoms with Gasteiger partial charge in [0, 0.05) is 5.02 Å². The molecule has 2 N–H and O–H groups in total. The molecule has 0 fully saturated rings. The maximum Gasteiger partial charge on any atom is 0.251 e. The Balaban J connectivity index is 2.20. The summed E-state index contributed by atoms with van der Waals surface area (Å²) in [5.41, 5.74) is 0.498. The van der Waals surface area contributed by atoms with Crippen molar-refractivity contribution in [2.45, 2.75) is 38.5 Å². The molecular formula is C21H25ClN2O4. The van der Waals surface area contributed by atoms with Crippen LogP contribution < -0.4 is 15.0 Å². The predicted octanol–water partition coefficient (Wildman–Crippen LogP) is 3.11. The van der Waals surface area contributed by atoms with Crippen LogP contribution in [0.25, 0.3) is 0 Å². The van der Waals surface area contributed by atoms with Crippen LogP contribution in [0.4, 0.5) is 5.69 Å². The maximum atomic E-state index is 12.7. The quantitative estimate of drug-likeness (QED) is 0.662. The molecule has 6 nitrogen and oxygen atoms in total. The monoisotopic (exact) mass is 404 g/mol. The van der Waals surface area contributed by atoms with Gasteiger partial charge in [0.05, 0.1) is 24.4 Å². The normalized spacial score (nSPS) is 13.4. The van der Waals surface area contributed by atoms with Gasteiger partial charge in [-0.2, -0.15) is 0 Å². The number of nitrogens with one attached hydrogen (secondary N) is 1. The fraction of sp³-hybridized carbons (Fsp3) is 0.333. The van der Waals surface area contributed by atoms with E-state index in [1.165, 1.54) is 12.0 Å². The zero-order valence-corrected chi connectivity index (χ0v) is 17.1. The lowest BCUT2D eigenvalue weighted by molar-refractivity contribution is -0.132. The van der Waals surface area contributed by atoms with Crippen LogP contribution >= 0.6 is 11.6 Å². The number of hydrogen-bond donors (Lipinski definition) is 2. The van der Waals surface area contributed by atoms with Gasteiger partial charge in [-0.25, -0.2) is 0 Å². The average Bonchev–Trinajstić information content (AvgIpc) is 2.67. The van der Waals surface area contributed by atoms with E-state index in [9.17, 15) is 14.7 Å².